The predicted molar refractivity (Wildman–Crippen MR) is 104 cm³/mol. The van der Waals surface area contributed by atoms with Crippen LogP contribution < -0.4 is 5.32 Å². The third kappa shape index (κ3) is 5.43. The van der Waals surface area contributed by atoms with Crippen LogP contribution in [0.15, 0.2) is 54.6 Å². The minimum absolute atomic E-state index is 0.0769. The molecule has 3 heteroatoms. The fourth-order valence-electron chi connectivity index (χ4n) is 3.49. The van der Waals surface area contributed by atoms with E-state index in [1.807, 2.05) is 30.3 Å². The Morgan fingerprint density at radius 2 is 1.84 bits per heavy atom. The molecule has 2 aromatic rings. The molecule has 1 aliphatic heterocycles. The van der Waals surface area contributed by atoms with E-state index in [2.05, 4.69) is 41.4 Å². The molecule has 1 unspecified atom stereocenters. The fraction of sp³-hybridized carbons (Fsp3) is 0.409. The maximum atomic E-state index is 12.4. The zero-order valence-corrected chi connectivity index (χ0v) is 15.1. The standard InChI is InChI=1S/C22H28N2O/c1-18(20-9-3-2-4-10-20)16-22(25)23-21-11-7-8-19(17-21)12-15-24-13-5-6-14-24/h2-4,7-11,17-18H,5-6,12-16H2,1H3,(H,23,25). The molecule has 0 saturated carbocycles. The highest BCUT2D eigenvalue weighted by molar-refractivity contribution is 5.91. The topological polar surface area (TPSA) is 32.3 Å². The second kappa shape index (κ2) is 8.82. The lowest BCUT2D eigenvalue weighted by atomic mass is 9.97. The molecule has 1 N–H and O–H groups in total. The number of hydrogen-bond acceptors (Lipinski definition) is 2. The van der Waals surface area contributed by atoms with Gasteiger partial charge in [0, 0.05) is 18.7 Å². The van der Waals surface area contributed by atoms with E-state index in [1.165, 1.54) is 37.1 Å². The lowest BCUT2D eigenvalue weighted by Crippen LogP contribution is -2.22. The first-order valence-electron chi connectivity index (χ1n) is 9.37. The number of likely N-dealkylation sites (tertiary alicyclic amines) is 1. The van der Waals surface area contributed by atoms with Crippen LogP contribution >= 0.6 is 0 Å². The van der Waals surface area contributed by atoms with Crippen molar-refractivity contribution in [3.63, 3.8) is 0 Å². The summed E-state index contributed by atoms with van der Waals surface area (Å²) in [6, 6.07) is 18.5. The summed E-state index contributed by atoms with van der Waals surface area (Å²) < 4.78 is 0. The molecule has 25 heavy (non-hydrogen) atoms. The normalized spacial score (nSPS) is 15.9. The zero-order valence-electron chi connectivity index (χ0n) is 15.1. The van der Waals surface area contributed by atoms with Crippen molar-refractivity contribution in [1.82, 2.24) is 4.90 Å². The van der Waals surface area contributed by atoms with E-state index in [4.69, 9.17) is 0 Å². The largest absolute Gasteiger partial charge is 0.326 e. The first-order chi connectivity index (χ1) is 12.2. The van der Waals surface area contributed by atoms with E-state index in [1.54, 1.807) is 0 Å². The van der Waals surface area contributed by atoms with Gasteiger partial charge in [0.05, 0.1) is 0 Å². The van der Waals surface area contributed by atoms with Crippen LogP contribution in [-0.2, 0) is 11.2 Å². The molecule has 0 spiro atoms. The molecule has 1 aliphatic rings. The SMILES string of the molecule is CC(CC(=O)Nc1cccc(CCN2CCCC2)c1)c1ccccc1. The van der Waals surface area contributed by atoms with Gasteiger partial charge in [-0.3, -0.25) is 4.79 Å². The van der Waals surface area contributed by atoms with Gasteiger partial charge in [0.2, 0.25) is 5.91 Å². The van der Waals surface area contributed by atoms with E-state index < -0.39 is 0 Å². The average Bonchev–Trinajstić information content (AvgIpc) is 3.14. The molecule has 1 saturated heterocycles. The summed E-state index contributed by atoms with van der Waals surface area (Å²) in [5.74, 6) is 0.299. The highest BCUT2D eigenvalue weighted by atomic mass is 16.1. The van der Waals surface area contributed by atoms with Gasteiger partial charge in [-0.05, 0) is 61.5 Å². The van der Waals surface area contributed by atoms with Gasteiger partial charge in [0.1, 0.15) is 0 Å². The molecule has 1 atom stereocenters. The van der Waals surface area contributed by atoms with Crippen LogP contribution in [0.3, 0.4) is 0 Å². The molecule has 0 aliphatic carbocycles. The molecule has 1 amide bonds. The van der Waals surface area contributed by atoms with Crippen molar-refractivity contribution in [3.8, 4) is 0 Å². The summed E-state index contributed by atoms with van der Waals surface area (Å²) in [4.78, 5) is 14.9. The number of benzene rings is 2. The lowest BCUT2D eigenvalue weighted by Gasteiger charge is -2.15. The molecule has 3 nitrogen and oxygen atoms in total. The van der Waals surface area contributed by atoms with E-state index in [-0.39, 0.29) is 11.8 Å². The van der Waals surface area contributed by atoms with Gasteiger partial charge in [-0.1, -0.05) is 49.4 Å². The molecule has 132 valence electrons. The number of rotatable bonds is 7. The highest BCUT2D eigenvalue weighted by Crippen LogP contribution is 2.20. The van der Waals surface area contributed by atoms with E-state index >= 15 is 0 Å². The number of anilines is 1. The summed E-state index contributed by atoms with van der Waals surface area (Å²) in [5.41, 5.74) is 3.40. The lowest BCUT2D eigenvalue weighted by molar-refractivity contribution is -0.116. The number of nitrogens with zero attached hydrogens (tertiary/aromatic N) is 1. The van der Waals surface area contributed by atoms with Gasteiger partial charge in [-0.2, -0.15) is 0 Å². The van der Waals surface area contributed by atoms with Gasteiger partial charge in [0.15, 0.2) is 0 Å². The monoisotopic (exact) mass is 336 g/mol. The van der Waals surface area contributed by atoms with Gasteiger partial charge in [-0.25, -0.2) is 0 Å². The Hall–Kier alpha value is -2.13. The van der Waals surface area contributed by atoms with Gasteiger partial charge >= 0.3 is 0 Å². The second-order valence-electron chi connectivity index (χ2n) is 7.06. The number of carbonyl (C=O) groups excluding carboxylic acids is 1. The van der Waals surface area contributed by atoms with Crippen LogP contribution in [0.25, 0.3) is 0 Å². The first-order valence-corrected chi connectivity index (χ1v) is 9.37. The van der Waals surface area contributed by atoms with Crippen LogP contribution in [0.1, 0.15) is 43.2 Å². The van der Waals surface area contributed by atoms with Crippen molar-refractivity contribution in [2.24, 2.45) is 0 Å². The van der Waals surface area contributed by atoms with Crippen molar-refractivity contribution in [3.05, 3.63) is 65.7 Å². The van der Waals surface area contributed by atoms with Gasteiger partial charge in [-0.15, -0.1) is 0 Å². The number of amides is 1. The van der Waals surface area contributed by atoms with Crippen molar-refractivity contribution in [2.75, 3.05) is 25.0 Å². The Kier molecular flexibility index (Phi) is 6.24. The van der Waals surface area contributed by atoms with Crippen molar-refractivity contribution < 1.29 is 4.79 Å². The minimum atomic E-state index is 0.0769. The van der Waals surface area contributed by atoms with Crippen LogP contribution in [0, 0.1) is 0 Å². The van der Waals surface area contributed by atoms with Crippen LogP contribution in [-0.4, -0.2) is 30.4 Å². The Labute approximate surface area is 151 Å². The summed E-state index contributed by atoms with van der Waals surface area (Å²) in [5, 5.41) is 3.06. The molecule has 3 rings (SSSR count). The molecule has 1 heterocycles. The maximum absolute atomic E-state index is 12.4. The smallest absolute Gasteiger partial charge is 0.224 e. The van der Waals surface area contributed by atoms with Crippen LogP contribution in [0.2, 0.25) is 0 Å². The van der Waals surface area contributed by atoms with Crippen molar-refractivity contribution >= 4 is 11.6 Å². The number of carbonyl (C=O) groups is 1. The first kappa shape index (κ1) is 17.7. The van der Waals surface area contributed by atoms with Crippen LogP contribution in [0.5, 0.6) is 0 Å². The van der Waals surface area contributed by atoms with Crippen LogP contribution in [0.4, 0.5) is 5.69 Å². The quantitative estimate of drug-likeness (QED) is 0.810. The Bertz CT molecular complexity index is 677. The van der Waals surface area contributed by atoms with E-state index in [0.29, 0.717) is 6.42 Å². The average molecular weight is 336 g/mol. The summed E-state index contributed by atoms with van der Waals surface area (Å²) in [7, 11) is 0. The van der Waals surface area contributed by atoms with Crippen molar-refractivity contribution in [2.45, 2.75) is 38.5 Å². The molecular formula is C22H28N2O. The molecule has 0 aromatic heterocycles. The Morgan fingerprint density at radius 1 is 1.08 bits per heavy atom. The molecule has 2 aromatic carbocycles. The number of hydrogen-bond donors (Lipinski definition) is 1. The third-order valence-corrected chi connectivity index (χ3v) is 4.99. The predicted octanol–water partition coefficient (Wildman–Crippen LogP) is 4.46. The molecular weight excluding hydrogens is 308 g/mol. The highest BCUT2D eigenvalue weighted by Gasteiger charge is 2.13. The number of nitrogens with one attached hydrogen (secondary N) is 1. The fourth-order valence-corrected chi connectivity index (χ4v) is 3.49. The summed E-state index contributed by atoms with van der Waals surface area (Å²) >= 11 is 0. The minimum Gasteiger partial charge on any atom is -0.326 e. The van der Waals surface area contributed by atoms with Crippen molar-refractivity contribution in [1.29, 1.82) is 0 Å². The van der Waals surface area contributed by atoms with Gasteiger partial charge in [0.25, 0.3) is 0 Å². The summed E-state index contributed by atoms with van der Waals surface area (Å²) in [6.07, 6.45) is 4.21. The Balaban J connectivity index is 1.51. The molecule has 1 fully saturated rings. The zero-order chi connectivity index (χ0) is 17.5. The van der Waals surface area contributed by atoms with E-state index in [0.717, 1.165) is 18.7 Å². The third-order valence-electron chi connectivity index (χ3n) is 4.99. The molecule has 0 radical (unpaired) electrons. The second-order valence-corrected chi connectivity index (χ2v) is 7.06. The van der Waals surface area contributed by atoms with E-state index in [9.17, 15) is 4.79 Å². The maximum Gasteiger partial charge on any atom is 0.224 e. The molecule has 0 bridgehead atoms. The Morgan fingerprint density at radius 3 is 2.60 bits per heavy atom. The van der Waals surface area contributed by atoms with Gasteiger partial charge < -0.3 is 10.2 Å². The summed E-state index contributed by atoms with van der Waals surface area (Å²) in [6.45, 7) is 5.67.